The molecule has 0 bridgehead atoms. The Morgan fingerprint density at radius 1 is 1.16 bits per heavy atom. The second-order valence-corrected chi connectivity index (χ2v) is 4.77. The Morgan fingerprint density at radius 3 is 2.84 bits per heavy atom. The van der Waals surface area contributed by atoms with Crippen LogP contribution in [0.2, 0.25) is 0 Å². The molecule has 2 aromatic rings. The van der Waals surface area contributed by atoms with Crippen molar-refractivity contribution in [3.8, 4) is 11.5 Å². The van der Waals surface area contributed by atoms with Crippen LogP contribution in [0.15, 0.2) is 24.4 Å². The van der Waals surface area contributed by atoms with Crippen LogP contribution in [0.3, 0.4) is 0 Å². The quantitative estimate of drug-likeness (QED) is 0.915. The van der Waals surface area contributed by atoms with Crippen LogP contribution in [-0.2, 0) is 12.8 Å². The van der Waals surface area contributed by atoms with Crippen LogP contribution in [-0.4, -0.2) is 21.5 Å². The van der Waals surface area contributed by atoms with Gasteiger partial charge >= 0.3 is 0 Å². The summed E-state index contributed by atoms with van der Waals surface area (Å²) in [5.41, 5.74) is 3.33. The van der Waals surface area contributed by atoms with Gasteiger partial charge in [-0.1, -0.05) is 6.07 Å². The maximum atomic E-state index is 4.71. The Hall–Kier alpha value is -1.97. The molecule has 0 fully saturated rings. The molecule has 2 aromatic heterocycles. The third-order valence-corrected chi connectivity index (χ3v) is 3.42. The summed E-state index contributed by atoms with van der Waals surface area (Å²) in [6.45, 7) is 2.98. The Balaban J connectivity index is 2.09. The van der Waals surface area contributed by atoms with Gasteiger partial charge in [-0.05, 0) is 44.7 Å². The number of rotatable bonds is 3. The summed E-state index contributed by atoms with van der Waals surface area (Å²) in [6.07, 6.45) is 6.37. The Kier molecular flexibility index (Phi) is 3.40. The van der Waals surface area contributed by atoms with Crippen LogP contribution in [0, 0.1) is 0 Å². The topological polar surface area (TPSA) is 50.7 Å². The van der Waals surface area contributed by atoms with Crippen molar-refractivity contribution in [3.63, 3.8) is 0 Å². The van der Waals surface area contributed by atoms with Gasteiger partial charge in [0.2, 0.25) is 0 Å². The molecule has 1 aliphatic carbocycles. The summed E-state index contributed by atoms with van der Waals surface area (Å²) in [5, 5.41) is 3.37. The van der Waals surface area contributed by atoms with Crippen LogP contribution in [0.25, 0.3) is 11.5 Å². The van der Waals surface area contributed by atoms with E-state index in [1.165, 1.54) is 24.1 Å². The van der Waals surface area contributed by atoms with Gasteiger partial charge in [0.25, 0.3) is 0 Å². The lowest BCUT2D eigenvalue weighted by Crippen LogP contribution is -2.13. The van der Waals surface area contributed by atoms with E-state index in [-0.39, 0.29) is 0 Å². The lowest BCUT2D eigenvalue weighted by atomic mass is 9.96. The molecule has 0 unspecified atom stereocenters. The van der Waals surface area contributed by atoms with Crippen LogP contribution < -0.4 is 5.32 Å². The predicted molar refractivity (Wildman–Crippen MR) is 76.1 cm³/mol. The lowest BCUT2D eigenvalue weighted by molar-refractivity contribution is 0.664. The molecular weight excluding hydrogens is 236 g/mol. The summed E-state index contributed by atoms with van der Waals surface area (Å²) in [5.74, 6) is 1.73. The molecule has 2 heterocycles. The van der Waals surface area contributed by atoms with Crippen molar-refractivity contribution in [2.75, 3.05) is 11.9 Å². The molecule has 19 heavy (non-hydrogen) atoms. The van der Waals surface area contributed by atoms with Gasteiger partial charge in [-0.3, -0.25) is 4.98 Å². The first-order valence-electron chi connectivity index (χ1n) is 6.93. The van der Waals surface area contributed by atoms with Crippen LogP contribution in [0.5, 0.6) is 0 Å². The third kappa shape index (κ3) is 2.43. The SMILES string of the molecule is CCNc1nc(-c2ccccn2)nc2c1CCCC2. The molecule has 0 radical (unpaired) electrons. The third-order valence-electron chi connectivity index (χ3n) is 3.42. The van der Waals surface area contributed by atoms with E-state index < -0.39 is 0 Å². The highest BCUT2D eigenvalue weighted by atomic mass is 15.0. The molecule has 4 nitrogen and oxygen atoms in total. The number of hydrogen-bond donors (Lipinski definition) is 1. The zero-order valence-corrected chi connectivity index (χ0v) is 11.2. The molecule has 0 aromatic carbocycles. The van der Waals surface area contributed by atoms with Crippen molar-refractivity contribution in [1.82, 2.24) is 15.0 Å². The van der Waals surface area contributed by atoms with E-state index >= 15 is 0 Å². The van der Waals surface area contributed by atoms with Crippen LogP contribution in [0.1, 0.15) is 31.0 Å². The van der Waals surface area contributed by atoms with Crippen LogP contribution in [0.4, 0.5) is 5.82 Å². The van der Waals surface area contributed by atoms with Crippen molar-refractivity contribution < 1.29 is 0 Å². The predicted octanol–water partition coefficient (Wildman–Crippen LogP) is 2.85. The van der Waals surface area contributed by atoms with Gasteiger partial charge < -0.3 is 5.32 Å². The van der Waals surface area contributed by atoms with Gasteiger partial charge in [0, 0.05) is 24.0 Å². The molecule has 1 aliphatic rings. The van der Waals surface area contributed by atoms with E-state index in [1.54, 1.807) is 6.20 Å². The van der Waals surface area contributed by atoms with E-state index in [2.05, 4.69) is 22.2 Å². The summed E-state index contributed by atoms with van der Waals surface area (Å²) >= 11 is 0. The van der Waals surface area contributed by atoms with E-state index in [1.807, 2.05) is 18.2 Å². The first-order valence-corrected chi connectivity index (χ1v) is 6.93. The minimum atomic E-state index is 0.734. The van der Waals surface area contributed by atoms with E-state index in [0.29, 0.717) is 0 Å². The highest BCUT2D eigenvalue weighted by Gasteiger charge is 2.18. The standard InChI is InChI=1S/C15H18N4/c1-2-16-14-11-7-3-4-8-12(11)18-15(19-14)13-9-5-6-10-17-13/h5-6,9-10H,2-4,7-8H2,1H3,(H,16,18,19). The van der Waals surface area contributed by atoms with E-state index in [9.17, 15) is 0 Å². The summed E-state index contributed by atoms with van der Waals surface area (Å²) in [6, 6.07) is 5.84. The zero-order chi connectivity index (χ0) is 13.1. The maximum absolute atomic E-state index is 4.71. The molecule has 0 saturated carbocycles. The largest absolute Gasteiger partial charge is 0.370 e. The Bertz CT molecular complexity index is 566. The Labute approximate surface area is 113 Å². The van der Waals surface area contributed by atoms with Crippen molar-refractivity contribution in [3.05, 3.63) is 35.7 Å². The normalized spacial score (nSPS) is 13.9. The number of nitrogens with one attached hydrogen (secondary N) is 1. The average Bonchev–Trinajstić information content (AvgIpc) is 2.48. The number of anilines is 1. The van der Waals surface area contributed by atoms with E-state index in [0.717, 1.165) is 36.7 Å². The summed E-state index contributed by atoms with van der Waals surface area (Å²) in [7, 11) is 0. The van der Waals surface area contributed by atoms with E-state index in [4.69, 9.17) is 4.98 Å². The zero-order valence-electron chi connectivity index (χ0n) is 11.2. The van der Waals surface area contributed by atoms with Crippen molar-refractivity contribution in [2.45, 2.75) is 32.6 Å². The maximum Gasteiger partial charge on any atom is 0.180 e. The molecule has 1 N–H and O–H groups in total. The fourth-order valence-electron chi connectivity index (χ4n) is 2.52. The minimum absolute atomic E-state index is 0.734. The molecular formula is C15H18N4. The van der Waals surface area contributed by atoms with Crippen molar-refractivity contribution in [1.29, 1.82) is 0 Å². The van der Waals surface area contributed by atoms with Crippen LogP contribution >= 0.6 is 0 Å². The molecule has 98 valence electrons. The lowest BCUT2D eigenvalue weighted by Gasteiger charge is -2.19. The number of pyridine rings is 1. The second kappa shape index (κ2) is 5.34. The smallest absolute Gasteiger partial charge is 0.180 e. The average molecular weight is 254 g/mol. The van der Waals surface area contributed by atoms with Gasteiger partial charge in [0.15, 0.2) is 5.82 Å². The van der Waals surface area contributed by atoms with Crippen molar-refractivity contribution in [2.24, 2.45) is 0 Å². The molecule has 4 heteroatoms. The number of hydrogen-bond acceptors (Lipinski definition) is 4. The molecule has 0 amide bonds. The first kappa shape index (κ1) is 12.1. The summed E-state index contributed by atoms with van der Waals surface area (Å²) in [4.78, 5) is 13.7. The van der Waals surface area contributed by atoms with Gasteiger partial charge in [0.05, 0.1) is 0 Å². The molecule has 0 spiro atoms. The van der Waals surface area contributed by atoms with Gasteiger partial charge in [-0.15, -0.1) is 0 Å². The second-order valence-electron chi connectivity index (χ2n) is 4.77. The molecule has 0 aliphatic heterocycles. The fraction of sp³-hybridized carbons (Fsp3) is 0.400. The number of fused-ring (bicyclic) bond motifs is 1. The highest BCUT2D eigenvalue weighted by molar-refractivity contribution is 5.57. The summed E-state index contributed by atoms with van der Waals surface area (Å²) < 4.78 is 0. The number of aromatic nitrogens is 3. The molecule has 0 atom stereocenters. The Morgan fingerprint density at radius 2 is 2.05 bits per heavy atom. The number of aryl methyl sites for hydroxylation is 1. The van der Waals surface area contributed by atoms with Gasteiger partial charge in [-0.2, -0.15) is 0 Å². The van der Waals surface area contributed by atoms with Crippen molar-refractivity contribution >= 4 is 5.82 Å². The highest BCUT2D eigenvalue weighted by Crippen LogP contribution is 2.27. The fourth-order valence-corrected chi connectivity index (χ4v) is 2.52. The monoisotopic (exact) mass is 254 g/mol. The van der Waals surface area contributed by atoms with Gasteiger partial charge in [0.1, 0.15) is 11.5 Å². The minimum Gasteiger partial charge on any atom is -0.370 e. The molecule has 0 saturated heterocycles. The number of nitrogens with zero attached hydrogens (tertiary/aromatic N) is 3. The first-order chi connectivity index (χ1) is 9.38. The molecule has 3 rings (SSSR count). The van der Waals surface area contributed by atoms with Gasteiger partial charge in [-0.25, -0.2) is 9.97 Å².